The zero-order valence-electron chi connectivity index (χ0n) is 31.0. The largest absolute Gasteiger partial charge is 0.355 e. The van der Waals surface area contributed by atoms with Crippen molar-refractivity contribution in [1.82, 2.24) is 29.7 Å². The van der Waals surface area contributed by atoms with Crippen LogP contribution in [0.1, 0.15) is 93.2 Å². The Balaban J connectivity index is 1.19. The lowest BCUT2D eigenvalue weighted by Gasteiger charge is -2.48. The average molecular weight is 703 g/mol. The van der Waals surface area contributed by atoms with Crippen molar-refractivity contribution in [1.29, 1.82) is 0 Å². The average Bonchev–Trinajstić information content (AvgIpc) is 3.66. The van der Waals surface area contributed by atoms with Gasteiger partial charge in [0.1, 0.15) is 5.52 Å². The van der Waals surface area contributed by atoms with Crippen molar-refractivity contribution in [3.8, 4) is 11.3 Å². The van der Waals surface area contributed by atoms with E-state index in [1.807, 2.05) is 42.4 Å². The fourth-order valence-corrected chi connectivity index (χ4v) is 9.05. The fourth-order valence-electron chi connectivity index (χ4n) is 9.05. The first-order chi connectivity index (χ1) is 25.1. The molecule has 52 heavy (non-hydrogen) atoms. The summed E-state index contributed by atoms with van der Waals surface area (Å²) in [6.07, 6.45) is 8.93. The Bertz CT molecular complexity index is 2050. The van der Waals surface area contributed by atoms with Gasteiger partial charge in [0.25, 0.3) is 5.91 Å². The number of imidazole rings is 1. The van der Waals surface area contributed by atoms with Crippen molar-refractivity contribution in [2.45, 2.75) is 96.2 Å². The number of aromatic nitrogens is 3. The molecule has 0 bridgehead atoms. The summed E-state index contributed by atoms with van der Waals surface area (Å²) in [5.41, 5.74) is 7.05. The number of benzene rings is 2. The third-order valence-corrected chi connectivity index (χ3v) is 12.2. The summed E-state index contributed by atoms with van der Waals surface area (Å²) in [6, 6.07) is 15.0. The van der Waals surface area contributed by atoms with Gasteiger partial charge in [-0.3, -0.25) is 14.4 Å². The maximum absolute atomic E-state index is 14.7. The van der Waals surface area contributed by atoms with Crippen LogP contribution in [-0.2, 0) is 15.0 Å². The number of rotatable bonds is 7. The minimum Gasteiger partial charge on any atom is -0.355 e. The highest BCUT2D eigenvalue weighted by Crippen LogP contribution is 2.52. The summed E-state index contributed by atoms with van der Waals surface area (Å²) in [5, 5.41) is 6.27. The number of nitrogens with zero attached hydrogens (tertiary/aromatic N) is 6. The van der Waals surface area contributed by atoms with Crippen LogP contribution >= 0.6 is 0 Å². The molecule has 4 aromatic rings. The van der Waals surface area contributed by atoms with E-state index < -0.39 is 5.41 Å². The monoisotopic (exact) mass is 702 g/mol. The second-order valence-corrected chi connectivity index (χ2v) is 15.6. The van der Waals surface area contributed by atoms with E-state index in [9.17, 15) is 14.4 Å². The van der Waals surface area contributed by atoms with Gasteiger partial charge in [-0.15, -0.1) is 0 Å². The lowest BCUT2D eigenvalue weighted by Crippen LogP contribution is -2.58. The number of likely N-dealkylation sites (tertiary alicyclic amines) is 2. The number of amides is 3. The fraction of sp³-hybridized carbons (Fsp3) is 0.488. The van der Waals surface area contributed by atoms with Crippen LogP contribution in [0.25, 0.3) is 22.3 Å². The Morgan fingerprint density at radius 1 is 0.942 bits per heavy atom. The molecule has 4 aliphatic rings. The highest BCUT2D eigenvalue weighted by molar-refractivity contribution is 6.09. The van der Waals surface area contributed by atoms with Crippen molar-refractivity contribution < 1.29 is 14.4 Å². The van der Waals surface area contributed by atoms with Gasteiger partial charge in [-0.05, 0) is 108 Å². The van der Waals surface area contributed by atoms with Crippen molar-refractivity contribution >= 4 is 45.9 Å². The summed E-state index contributed by atoms with van der Waals surface area (Å²) >= 11 is 0. The zero-order chi connectivity index (χ0) is 36.3. The molecule has 0 unspecified atom stereocenters. The molecule has 272 valence electrons. The molecule has 1 saturated carbocycles. The number of pyridine rings is 1. The number of piperidine rings is 2. The molecule has 3 fully saturated rings. The highest BCUT2D eigenvalue weighted by atomic mass is 16.2. The quantitative estimate of drug-likeness (QED) is 0.231. The van der Waals surface area contributed by atoms with Crippen LogP contribution in [0.15, 0.2) is 48.8 Å². The predicted molar refractivity (Wildman–Crippen MR) is 204 cm³/mol. The van der Waals surface area contributed by atoms with E-state index in [0.717, 1.165) is 70.7 Å². The maximum atomic E-state index is 14.7. The van der Waals surface area contributed by atoms with E-state index in [1.54, 1.807) is 14.0 Å². The van der Waals surface area contributed by atoms with Gasteiger partial charge in [0.2, 0.25) is 11.8 Å². The number of hydrogen-bond acceptors (Lipinski definition) is 7. The normalized spacial score (nSPS) is 21.5. The molecule has 3 aliphatic heterocycles. The van der Waals surface area contributed by atoms with Crippen LogP contribution in [0.2, 0.25) is 0 Å². The molecule has 2 saturated heterocycles. The summed E-state index contributed by atoms with van der Waals surface area (Å²) < 4.78 is 2.11. The smallest absolute Gasteiger partial charge is 0.251 e. The van der Waals surface area contributed by atoms with Crippen molar-refractivity contribution in [2.24, 2.45) is 0 Å². The van der Waals surface area contributed by atoms with Crippen LogP contribution in [0.5, 0.6) is 0 Å². The lowest BCUT2D eigenvalue weighted by molar-refractivity contribution is -0.134. The van der Waals surface area contributed by atoms with Gasteiger partial charge in [0, 0.05) is 67.7 Å². The molecule has 0 atom stereocenters. The Hall–Kier alpha value is -4.77. The first-order valence-corrected chi connectivity index (χ1v) is 19.0. The molecule has 8 rings (SSSR count). The molecule has 2 N–H and O–H groups in total. The highest BCUT2D eigenvalue weighted by Gasteiger charge is 2.55. The minimum absolute atomic E-state index is 0.0670. The molecule has 2 aromatic carbocycles. The number of nitrogens with one attached hydrogen (secondary N) is 2. The van der Waals surface area contributed by atoms with Gasteiger partial charge in [-0.2, -0.15) is 0 Å². The van der Waals surface area contributed by atoms with Gasteiger partial charge in [0.15, 0.2) is 5.82 Å². The van der Waals surface area contributed by atoms with E-state index in [-0.39, 0.29) is 29.8 Å². The molecule has 5 heterocycles. The van der Waals surface area contributed by atoms with Gasteiger partial charge >= 0.3 is 0 Å². The van der Waals surface area contributed by atoms with Gasteiger partial charge in [-0.25, -0.2) is 9.97 Å². The molecule has 1 aliphatic carbocycles. The molecule has 1 spiro atoms. The van der Waals surface area contributed by atoms with Crippen LogP contribution in [-0.4, -0.2) is 87.4 Å². The number of anilines is 3. The molecule has 0 radical (unpaired) electrons. The Kier molecular flexibility index (Phi) is 8.80. The first-order valence-electron chi connectivity index (χ1n) is 19.0. The molecule has 2 aromatic heterocycles. The van der Waals surface area contributed by atoms with E-state index in [2.05, 4.69) is 57.0 Å². The Morgan fingerprint density at radius 3 is 2.38 bits per heavy atom. The summed E-state index contributed by atoms with van der Waals surface area (Å²) in [6.45, 7) is 11.3. The third kappa shape index (κ3) is 5.73. The van der Waals surface area contributed by atoms with Crippen molar-refractivity contribution in [3.63, 3.8) is 0 Å². The summed E-state index contributed by atoms with van der Waals surface area (Å²) in [5.74, 6) is 0.765. The van der Waals surface area contributed by atoms with Crippen LogP contribution in [0.4, 0.5) is 17.2 Å². The van der Waals surface area contributed by atoms with Crippen LogP contribution < -0.4 is 15.5 Å². The zero-order valence-corrected chi connectivity index (χ0v) is 31.0. The molecule has 3 amide bonds. The minimum atomic E-state index is -0.621. The second-order valence-electron chi connectivity index (χ2n) is 15.6. The van der Waals surface area contributed by atoms with Gasteiger partial charge in [0.05, 0.1) is 23.0 Å². The van der Waals surface area contributed by atoms with Crippen molar-refractivity contribution in [2.75, 3.05) is 43.4 Å². The SMILES string of the molecule is CNC(=O)c1cc(Nc2nc(-c3ccc4c(c3)N([C@H]3C[C@@H](N5CCCCC5)C3)C(=O)C43CCN(C(C)=O)CC3)cc3ncn(C(C)C)c23)ccc1C. The second kappa shape index (κ2) is 13.3. The Morgan fingerprint density at radius 2 is 1.69 bits per heavy atom. The third-order valence-electron chi connectivity index (χ3n) is 12.2. The van der Waals surface area contributed by atoms with Gasteiger partial charge < -0.3 is 29.9 Å². The van der Waals surface area contributed by atoms with Crippen LogP contribution in [0, 0.1) is 6.92 Å². The predicted octanol–water partition coefficient (Wildman–Crippen LogP) is 6.33. The standard InChI is InChI=1S/C41H50N8O3/c1-25(2)48-24-43-35-23-34(45-38(37(35)48)44-29-11-9-26(3)32(20-29)39(51)42-5)28-10-12-33-36(19-28)49(31-21-30(22-31)47-15-7-6-8-16-47)40(52)41(33)13-17-46(18-14-41)27(4)50/h9-12,19-20,23-25,30-31H,6-8,13-18,21-22H2,1-5H3,(H,42,51)(H,44,45)/t30-,31+. The number of fused-ring (bicyclic) bond motifs is 3. The van der Waals surface area contributed by atoms with Gasteiger partial charge in [-0.1, -0.05) is 24.6 Å². The molecule has 11 heteroatoms. The van der Waals surface area contributed by atoms with Crippen molar-refractivity contribution in [3.05, 3.63) is 65.5 Å². The summed E-state index contributed by atoms with van der Waals surface area (Å²) in [7, 11) is 1.64. The number of hydrogen-bond donors (Lipinski definition) is 2. The summed E-state index contributed by atoms with van der Waals surface area (Å²) in [4.78, 5) is 56.3. The van der Waals surface area contributed by atoms with E-state index >= 15 is 0 Å². The van der Waals surface area contributed by atoms with Crippen LogP contribution in [0.3, 0.4) is 0 Å². The first kappa shape index (κ1) is 34.3. The molecular formula is C41H50N8O3. The van der Waals surface area contributed by atoms with E-state index in [1.165, 1.54) is 19.3 Å². The molecular weight excluding hydrogens is 653 g/mol. The van der Waals surface area contributed by atoms with E-state index in [0.29, 0.717) is 43.4 Å². The number of aryl methyl sites for hydroxylation is 1. The number of carbonyl (C=O) groups excluding carboxylic acids is 3. The van der Waals surface area contributed by atoms with E-state index in [4.69, 9.17) is 9.97 Å². The maximum Gasteiger partial charge on any atom is 0.251 e. The lowest BCUT2D eigenvalue weighted by atomic mass is 9.73. The molecule has 11 nitrogen and oxygen atoms in total. The Labute approximate surface area is 305 Å². The topological polar surface area (TPSA) is 116 Å². The number of carbonyl (C=O) groups is 3.